The van der Waals surface area contributed by atoms with Gasteiger partial charge in [0.15, 0.2) is 0 Å². The molecule has 5 nitrogen and oxygen atoms in total. The molecule has 1 heterocycles. The smallest absolute Gasteiger partial charge is 0.282 e. The molecule has 0 saturated heterocycles. The number of benzene rings is 3. The number of imide groups is 1. The van der Waals surface area contributed by atoms with Gasteiger partial charge in [-0.25, -0.2) is 13.7 Å². The maximum absolute atomic E-state index is 14.4. The second-order valence-electron chi connectivity index (χ2n) is 6.74. The Balaban J connectivity index is 1.78. The van der Waals surface area contributed by atoms with Crippen LogP contribution in [0.2, 0.25) is 0 Å². The predicted molar refractivity (Wildman–Crippen MR) is 113 cm³/mol. The fourth-order valence-electron chi connectivity index (χ4n) is 3.34. The van der Waals surface area contributed by atoms with E-state index in [-0.39, 0.29) is 11.3 Å². The summed E-state index contributed by atoms with van der Waals surface area (Å²) in [6.07, 6.45) is 0. The number of anilines is 2. The zero-order chi connectivity index (χ0) is 22.0. The van der Waals surface area contributed by atoms with E-state index in [9.17, 15) is 18.4 Å². The molecule has 31 heavy (non-hydrogen) atoms. The molecule has 0 radical (unpaired) electrons. The highest BCUT2D eigenvalue weighted by atomic mass is 19.1. The van der Waals surface area contributed by atoms with E-state index < -0.39 is 29.1 Å². The van der Waals surface area contributed by atoms with Crippen molar-refractivity contribution in [2.45, 2.75) is 6.92 Å². The Morgan fingerprint density at radius 1 is 0.903 bits per heavy atom. The van der Waals surface area contributed by atoms with Crippen LogP contribution in [0.1, 0.15) is 12.5 Å². The van der Waals surface area contributed by atoms with Crippen LogP contribution in [0.25, 0.3) is 5.57 Å². The molecule has 0 saturated carbocycles. The van der Waals surface area contributed by atoms with Crippen LogP contribution in [-0.2, 0) is 9.59 Å². The monoisotopic (exact) mass is 420 g/mol. The number of carbonyl (C=O) groups is 2. The minimum atomic E-state index is -0.877. The molecule has 0 aliphatic carbocycles. The van der Waals surface area contributed by atoms with E-state index in [0.717, 1.165) is 18.2 Å². The Morgan fingerprint density at radius 2 is 1.61 bits per heavy atom. The second kappa shape index (κ2) is 8.39. The molecule has 7 heteroatoms. The van der Waals surface area contributed by atoms with Crippen molar-refractivity contribution in [2.75, 3.05) is 16.8 Å². The maximum atomic E-state index is 14.4. The van der Waals surface area contributed by atoms with Gasteiger partial charge in [0.2, 0.25) is 0 Å². The number of carbonyl (C=O) groups excluding carboxylic acids is 2. The van der Waals surface area contributed by atoms with Crippen LogP contribution in [0.3, 0.4) is 0 Å². The van der Waals surface area contributed by atoms with Gasteiger partial charge in [-0.2, -0.15) is 0 Å². The van der Waals surface area contributed by atoms with Crippen molar-refractivity contribution in [3.63, 3.8) is 0 Å². The largest absolute Gasteiger partial charge is 0.494 e. The van der Waals surface area contributed by atoms with Gasteiger partial charge in [0, 0.05) is 11.8 Å². The summed E-state index contributed by atoms with van der Waals surface area (Å²) in [5.74, 6) is -2.50. The molecule has 0 bridgehead atoms. The minimum Gasteiger partial charge on any atom is -0.494 e. The third-order valence-corrected chi connectivity index (χ3v) is 4.73. The number of amides is 2. The molecule has 0 spiro atoms. The molecular formula is C24H18F2N2O3. The standard InChI is InChI=1S/C24H18F2N2O3/c1-2-31-18-11-9-17(10-12-18)27-22-21(15-6-4-3-5-7-15)23(29)28(24(22)30)20-14-16(25)8-13-19(20)26/h3-14,27H,2H2,1H3. The lowest BCUT2D eigenvalue weighted by Crippen LogP contribution is -2.33. The third-order valence-electron chi connectivity index (χ3n) is 4.73. The van der Waals surface area contributed by atoms with E-state index in [4.69, 9.17) is 4.74 Å². The van der Waals surface area contributed by atoms with Gasteiger partial charge >= 0.3 is 0 Å². The summed E-state index contributed by atoms with van der Waals surface area (Å²) >= 11 is 0. The van der Waals surface area contributed by atoms with Gasteiger partial charge in [0.1, 0.15) is 23.1 Å². The molecule has 1 N–H and O–H groups in total. The number of hydrogen-bond acceptors (Lipinski definition) is 4. The number of hydrogen-bond donors (Lipinski definition) is 1. The summed E-state index contributed by atoms with van der Waals surface area (Å²) in [5, 5.41) is 2.97. The molecule has 1 aliphatic heterocycles. The van der Waals surface area contributed by atoms with Crippen LogP contribution < -0.4 is 15.0 Å². The summed E-state index contributed by atoms with van der Waals surface area (Å²) in [6, 6.07) is 18.0. The van der Waals surface area contributed by atoms with Crippen molar-refractivity contribution in [3.05, 3.63) is 95.7 Å². The van der Waals surface area contributed by atoms with Gasteiger partial charge in [-0.3, -0.25) is 9.59 Å². The highest BCUT2D eigenvalue weighted by Crippen LogP contribution is 2.35. The first-order valence-electron chi connectivity index (χ1n) is 9.63. The van der Waals surface area contributed by atoms with Gasteiger partial charge in [0.25, 0.3) is 11.8 Å². The highest BCUT2D eigenvalue weighted by Gasteiger charge is 2.41. The fraction of sp³-hybridized carbons (Fsp3) is 0.0833. The molecule has 2 amide bonds. The third kappa shape index (κ3) is 3.90. The molecule has 1 aliphatic rings. The number of nitrogens with one attached hydrogen (secondary N) is 1. The SMILES string of the molecule is CCOc1ccc(NC2=C(c3ccccc3)C(=O)N(c3cc(F)ccc3F)C2=O)cc1. The molecule has 0 unspecified atom stereocenters. The molecule has 0 atom stereocenters. The fourth-order valence-corrected chi connectivity index (χ4v) is 3.34. The first kappa shape index (κ1) is 20.3. The topological polar surface area (TPSA) is 58.6 Å². The van der Waals surface area contributed by atoms with Crippen LogP contribution in [0.15, 0.2) is 78.5 Å². The lowest BCUT2D eigenvalue weighted by atomic mass is 10.0. The molecule has 0 fully saturated rings. The van der Waals surface area contributed by atoms with Crippen LogP contribution >= 0.6 is 0 Å². The van der Waals surface area contributed by atoms with Gasteiger partial charge in [-0.15, -0.1) is 0 Å². The summed E-state index contributed by atoms with van der Waals surface area (Å²) in [4.78, 5) is 27.1. The van der Waals surface area contributed by atoms with Gasteiger partial charge in [-0.1, -0.05) is 30.3 Å². The zero-order valence-corrected chi connectivity index (χ0v) is 16.6. The van der Waals surface area contributed by atoms with E-state index in [1.165, 1.54) is 0 Å². The molecular weight excluding hydrogens is 402 g/mol. The van der Waals surface area contributed by atoms with Crippen LogP contribution in [0.5, 0.6) is 5.75 Å². The van der Waals surface area contributed by atoms with E-state index >= 15 is 0 Å². The average molecular weight is 420 g/mol. The van der Waals surface area contributed by atoms with Crippen LogP contribution in [-0.4, -0.2) is 18.4 Å². The molecule has 156 valence electrons. The quantitative estimate of drug-likeness (QED) is 0.584. The zero-order valence-electron chi connectivity index (χ0n) is 16.6. The molecule has 0 aromatic heterocycles. The Labute approximate surface area is 177 Å². The predicted octanol–water partition coefficient (Wildman–Crippen LogP) is 4.76. The lowest BCUT2D eigenvalue weighted by Gasteiger charge is -2.16. The summed E-state index contributed by atoms with van der Waals surface area (Å²) in [6.45, 7) is 2.38. The van der Waals surface area contributed by atoms with Crippen LogP contribution in [0, 0.1) is 11.6 Å². The lowest BCUT2D eigenvalue weighted by molar-refractivity contribution is -0.120. The van der Waals surface area contributed by atoms with Gasteiger partial charge < -0.3 is 10.1 Å². The summed E-state index contributed by atoms with van der Waals surface area (Å²) in [7, 11) is 0. The summed E-state index contributed by atoms with van der Waals surface area (Å²) in [5.41, 5.74) is 0.627. The second-order valence-corrected chi connectivity index (χ2v) is 6.74. The van der Waals surface area contributed by atoms with E-state index in [1.54, 1.807) is 54.6 Å². The van der Waals surface area contributed by atoms with Crippen molar-refractivity contribution >= 4 is 28.8 Å². The Bertz CT molecular complexity index is 1180. The molecule has 4 rings (SSSR count). The van der Waals surface area contributed by atoms with Crippen LogP contribution in [0.4, 0.5) is 20.2 Å². The van der Waals surface area contributed by atoms with Crippen molar-refractivity contribution in [1.82, 2.24) is 0 Å². The number of halogens is 2. The summed E-state index contributed by atoms with van der Waals surface area (Å²) < 4.78 is 33.6. The Morgan fingerprint density at radius 3 is 2.29 bits per heavy atom. The first-order chi connectivity index (χ1) is 15.0. The van der Waals surface area contributed by atoms with E-state index in [1.807, 2.05) is 6.92 Å². The van der Waals surface area contributed by atoms with E-state index in [0.29, 0.717) is 28.5 Å². The number of nitrogens with zero attached hydrogens (tertiary/aromatic N) is 1. The van der Waals surface area contributed by atoms with Gasteiger partial charge in [0.05, 0.1) is 17.9 Å². The maximum Gasteiger partial charge on any atom is 0.282 e. The van der Waals surface area contributed by atoms with E-state index in [2.05, 4.69) is 5.32 Å². The molecule has 3 aromatic rings. The van der Waals surface area contributed by atoms with Crippen molar-refractivity contribution in [1.29, 1.82) is 0 Å². The van der Waals surface area contributed by atoms with Crippen molar-refractivity contribution in [2.24, 2.45) is 0 Å². The average Bonchev–Trinajstić information content (AvgIpc) is 3.01. The highest BCUT2D eigenvalue weighted by molar-refractivity contribution is 6.46. The van der Waals surface area contributed by atoms with Crippen molar-refractivity contribution in [3.8, 4) is 5.75 Å². The normalized spacial score (nSPS) is 13.7. The number of ether oxygens (including phenoxy) is 1. The van der Waals surface area contributed by atoms with Gasteiger partial charge in [-0.05, 0) is 48.9 Å². The first-order valence-corrected chi connectivity index (χ1v) is 9.63. The number of rotatable bonds is 6. The van der Waals surface area contributed by atoms with Crippen molar-refractivity contribution < 1.29 is 23.1 Å². The Hall–Kier alpha value is -4.00. The Kier molecular flexibility index (Phi) is 5.49. The minimum absolute atomic E-state index is 0.0241. The molecule has 3 aromatic carbocycles.